The van der Waals surface area contributed by atoms with Crippen molar-refractivity contribution in [2.24, 2.45) is 0 Å². The summed E-state index contributed by atoms with van der Waals surface area (Å²) in [5.41, 5.74) is 2.15. The van der Waals surface area contributed by atoms with Crippen molar-refractivity contribution in [3.8, 4) is 0 Å². The summed E-state index contributed by atoms with van der Waals surface area (Å²) in [6.45, 7) is 5.20. The molecule has 0 amide bonds. The Kier molecular flexibility index (Phi) is 5.36. The van der Waals surface area contributed by atoms with Crippen LogP contribution in [0.2, 0.25) is 5.15 Å². The van der Waals surface area contributed by atoms with E-state index in [1.54, 1.807) is 6.33 Å². The molecule has 0 bridgehead atoms. The highest BCUT2D eigenvalue weighted by molar-refractivity contribution is 6.30. The van der Waals surface area contributed by atoms with Gasteiger partial charge >= 0.3 is 0 Å². The van der Waals surface area contributed by atoms with Crippen LogP contribution >= 0.6 is 11.6 Å². The van der Waals surface area contributed by atoms with E-state index >= 15 is 0 Å². The number of benzene rings is 1. The fourth-order valence-corrected chi connectivity index (χ4v) is 2.46. The molecule has 3 nitrogen and oxygen atoms in total. The Labute approximate surface area is 125 Å². The Hall–Kier alpha value is -1.61. The lowest BCUT2D eigenvalue weighted by Gasteiger charge is -2.25. The van der Waals surface area contributed by atoms with Gasteiger partial charge in [0.25, 0.3) is 0 Å². The van der Waals surface area contributed by atoms with Crippen molar-refractivity contribution in [1.29, 1.82) is 0 Å². The third-order valence-electron chi connectivity index (χ3n) is 3.28. The zero-order valence-electron chi connectivity index (χ0n) is 12.0. The number of nitrogens with zero attached hydrogens (tertiary/aromatic N) is 3. The summed E-state index contributed by atoms with van der Waals surface area (Å²) in [5.74, 6) is 0.923. The predicted octanol–water partition coefficient (Wildman–Crippen LogP) is 4.63. The van der Waals surface area contributed by atoms with Crippen molar-refractivity contribution in [2.45, 2.75) is 33.1 Å². The maximum Gasteiger partial charge on any atom is 0.141 e. The number of hydrogen-bond acceptors (Lipinski definition) is 3. The molecule has 0 fully saturated rings. The first-order valence-electron chi connectivity index (χ1n) is 7.09. The molecular formula is C16H20ClN3. The van der Waals surface area contributed by atoms with Crippen LogP contribution in [0.4, 0.5) is 11.5 Å². The molecule has 0 saturated heterocycles. The van der Waals surface area contributed by atoms with Crippen LogP contribution in [0.1, 0.15) is 32.3 Å². The van der Waals surface area contributed by atoms with E-state index in [9.17, 15) is 0 Å². The molecule has 0 N–H and O–H groups in total. The summed E-state index contributed by atoms with van der Waals surface area (Å²) in [5, 5.41) is 0.551. The first-order valence-corrected chi connectivity index (χ1v) is 7.47. The number of halogens is 1. The number of unbranched alkanes of at least 4 members (excludes halogenated alkanes) is 1. The number of hydrogen-bond donors (Lipinski definition) is 0. The van der Waals surface area contributed by atoms with Crippen LogP contribution in [0.5, 0.6) is 0 Å². The van der Waals surface area contributed by atoms with E-state index in [1.165, 1.54) is 0 Å². The third-order valence-corrected chi connectivity index (χ3v) is 3.61. The number of aromatic nitrogens is 2. The van der Waals surface area contributed by atoms with Crippen molar-refractivity contribution >= 4 is 23.1 Å². The van der Waals surface area contributed by atoms with Crippen molar-refractivity contribution < 1.29 is 0 Å². The van der Waals surface area contributed by atoms with Crippen LogP contribution in [0.15, 0.2) is 36.7 Å². The standard InChI is InChI=1S/C16H20ClN3/c1-3-5-11-20(13-9-7-6-8-10-13)16-14(4-2)15(17)18-12-19-16/h6-10,12H,3-5,11H2,1-2H3. The van der Waals surface area contributed by atoms with Gasteiger partial charge in [0.1, 0.15) is 17.3 Å². The van der Waals surface area contributed by atoms with Gasteiger partial charge in [0, 0.05) is 17.8 Å². The molecule has 20 heavy (non-hydrogen) atoms. The van der Waals surface area contributed by atoms with Crippen molar-refractivity contribution in [3.63, 3.8) is 0 Å². The molecule has 0 radical (unpaired) electrons. The third kappa shape index (κ3) is 3.28. The lowest BCUT2D eigenvalue weighted by molar-refractivity contribution is 0.774. The average Bonchev–Trinajstić information content (AvgIpc) is 2.49. The highest BCUT2D eigenvalue weighted by Gasteiger charge is 2.16. The summed E-state index contributed by atoms with van der Waals surface area (Å²) >= 11 is 6.22. The van der Waals surface area contributed by atoms with Gasteiger partial charge in [0.05, 0.1) is 0 Å². The van der Waals surface area contributed by atoms with E-state index in [0.29, 0.717) is 5.15 Å². The van der Waals surface area contributed by atoms with Crippen LogP contribution in [0, 0.1) is 0 Å². The van der Waals surface area contributed by atoms with Crippen LogP contribution in [-0.2, 0) is 6.42 Å². The minimum atomic E-state index is 0.551. The molecule has 0 saturated carbocycles. The predicted molar refractivity (Wildman–Crippen MR) is 84.8 cm³/mol. The van der Waals surface area contributed by atoms with Crippen LogP contribution < -0.4 is 4.90 Å². The van der Waals surface area contributed by atoms with Crippen LogP contribution in [-0.4, -0.2) is 16.5 Å². The van der Waals surface area contributed by atoms with Gasteiger partial charge < -0.3 is 4.90 Å². The van der Waals surface area contributed by atoms with E-state index in [2.05, 4.69) is 40.8 Å². The molecule has 0 atom stereocenters. The summed E-state index contributed by atoms with van der Waals surface area (Å²) in [6, 6.07) is 10.3. The van der Waals surface area contributed by atoms with Gasteiger partial charge in [-0.2, -0.15) is 0 Å². The maximum absolute atomic E-state index is 6.22. The SMILES string of the molecule is CCCCN(c1ccccc1)c1ncnc(Cl)c1CC. The van der Waals surface area contributed by atoms with Crippen molar-refractivity contribution in [1.82, 2.24) is 9.97 Å². The zero-order chi connectivity index (χ0) is 14.4. The fraction of sp³-hybridized carbons (Fsp3) is 0.375. The van der Waals surface area contributed by atoms with E-state index in [1.807, 2.05) is 18.2 Å². The second-order valence-corrected chi connectivity index (χ2v) is 5.02. The number of para-hydroxylation sites is 1. The number of anilines is 2. The smallest absolute Gasteiger partial charge is 0.141 e. The molecule has 2 aromatic rings. The first-order chi connectivity index (χ1) is 9.77. The molecule has 2 rings (SSSR count). The lowest BCUT2D eigenvalue weighted by Crippen LogP contribution is -2.21. The Bertz CT molecular complexity index is 543. The van der Waals surface area contributed by atoms with Gasteiger partial charge in [0.15, 0.2) is 0 Å². The maximum atomic E-state index is 6.22. The molecule has 0 aliphatic rings. The summed E-state index contributed by atoms with van der Waals surface area (Å²) in [7, 11) is 0. The van der Waals surface area contributed by atoms with Gasteiger partial charge in [-0.15, -0.1) is 0 Å². The van der Waals surface area contributed by atoms with Crippen molar-refractivity contribution in [2.75, 3.05) is 11.4 Å². The van der Waals surface area contributed by atoms with E-state index < -0.39 is 0 Å². The summed E-state index contributed by atoms with van der Waals surface area (Å²) in [6.07, 6.45) is 4.62. The zero-order valence-corrected chi connectivity index (χ0v) is 12.8. The highest BCUT2D eigenvalue weighted by Crippen LogP contribution is 2.30. The number of rotatable bonds is 6. The monoisotopic (exact) mass is 289 g/mol. The Morgan fingerprint density at radius 2 is 1.85 bits per heavy atom. The Morgan fingerprint density at radius 1 is 1.10 bits per heavy atom. The van der Waals surface area contributed by atoms with E-state index in [0.717, 1.165) is 42.9 Å². The average molecular weight is 290 g/mol. The van der Waals surface area contributed by atoms with Crippen LogP contribution in [0.25, 0.3) is 0 Å². The molecule has 1 heterocycles. The molecule has 106 valence electrons. The topological polar surface area (TPSA) is 29.0 Å². The fourth-order valence-electron chi connectivity index (χ4n) is 2.20. The van der Waals surface area contributed by atoms with Gasteiger partial charge in [0.2, 0.25) is 0 Å². The van der Waals surface area contributed by atoms with Crippen molar-refractivity contribution in [3.05, 3.63) is 47.4 Å². The highest BCUT2D eigenvalue weighted by atomic mass is 35.5. The molecule has 0 spiro atoms. The second-order valence-electron chi connectivity index (χ2n) is 4.66. The molecular weight excluding hydrogens is 270 g/mol. The largest absolute Gasteiger partial charge is 0.326 e. The van der Waals surface area contributed by atoms with Gasteiger partial charge in [-0.05, 0) is 25.0 Å². The molecule has 0 unspecified atom stereocenters. The first kappa shape index (κ1) is 14.8. The van der Waals surface area contributed by atoms with Gasteiger partial charge in [-0.25, -0.2) is 9.97 Å². The van der Waals surface area contributed by atoms with Gasteiger partial charge in [-0.3, -0.25) is 0 Å². The van der Waals surface area contributed by atoms with E-state index in [4.69, 9.17) is 11.6 Å². The minimum Gasteiger partial charge on any atom is -0.326 e. The molecule has 1 aromatic heterocycles. The molecule has 4 heteroatoms. The van der Waals surface area contributed by atoms with Crippen LogP contribution in [0.3, 0.4) is 0 Å². The molecule has 0 aliphatic carbocycles. The summed E-state index contributed by atoms with van der Waals surface area (Å²) < 4.78 is 0. The Morgan fingerprint density at radius 3 is 2.50 bits per heavy atom. The minimum absolute atomic E-state index is 0.551. The molecule has 0 aliphatic heterocycles. The van der Waals surface area contributed by atoms with Gasteiger partial charge in [-0.1, -0.05) is 50.1 Å². The second kappa shape index (κ2) is 7.25. The quantitative estimate of drug-likeness (QED) is 0.726. The Balaban J connectivity index is 2.44. The molecule has 1 aromatic carbocycles. The lowest BCUT2D eigenvalue weighted by atomic mass is 10.2. The summed E-state index contributed by atoms with van der Waals surface area (Å²) in [4.78, 5) is 10.8. The van der Waals surface area contributed by atoms with E-state index in [-0.39, 0.29) is 0 Å². The normalized spacial score (nSPS) is 10.6.